The lowest BCUT2D eigenvalue weighted by Crippen LogP contribution is -2.26. The van der Waals surface area contributed by atoms with Crippen molar-refractivity contribution in [2.75, 3.05) is 13.3 Å². The van der Waals surface area contributed by atoms with Crippen molar-refractivity contribution in [3.8, 4) is 0 Å². The van der Waals surface area contributed by atoms with Crippen molar-refractivity contribution < 1.29 is 0 Å². The van der Waals surface area contributed by atoms with Crippen LogP contribution in [0.3, 0.4) is 0 Å². The van der Waals surface area contributed by atoms with Crippen LogP contribution in [0.1, 0.15) is 46.0 Å². The number of nitrogens with one attached hydrogen (secondary N) is 1. The van der Waals surface area contributed by atoms with Crippen molar-refractivity contribution in [2.24, 2.45) is 0 Å². The standard InChI is InChI=1S/C7H15N.C2H6.CH4S/c1-8-7-5-3-2-4-6-7;2*1-2/h7-8H,2-6H2,1H3;1-2H3;2H,1H3. The third-order valence-corrected chi connectivity index (χ3v) is 2.01. The van der Waals surface area contributed by atoms with Gasteiger partial charge in [0.1, 0.15) is 0 Å². The molecule has 1 aliphatic rings. The van der Waals surface area contributed by atoms with Crippen LogP contribution < -0.4 is 5.32 Å². The Morgan fingerprint density at radius 1 is 1.00 bits per heavy atom. The minimum Gasteiger partial charge on any atom is -0.317 e. The lowest BCUT2D eigenvalue weighted by molar-refractivity contribution is 0.394. The molecule has 12 heavy (non-hydrogen) atoms. The molecule has 0 spiro atoms. The topological polar surface area (TPSA) is 12.0 Å². The van der Waals surface area contributed by atoms with E-state index in [9.17, 15) is 0 Å². The van der Waals surface area contributed by atoms with Gasteiger partial charge >= 0.3 is 0 Å². The number of thiol groups is 1. The molecule has 0 aromatic rings. The second-order valence-corrected chi connectivity index (χ2v) is 2.62. The van der Waals surface area contributed by atoms with E-state index in [0.29, 0.717) is 0 Å². The fraction of sp³-hybridized carbons (Fsp3) is 1.00. The molecule has 1 nitrogen and oxygen atoms in total. The van der Waals surface area contributed by atoms with E-state index in [1.165, 1.54) is 32.1 Å². The molecule has 0 radical (unpaired) electrons. The molecule has 0 atom stereocenters. The Morgan fingerprint density at radius 2 is 1.42 bits per heavy atom. The van der Waals surface area contributed by atoms with Gasteiger partial charge in [-0.3, -0.25) is 0 Å². The zero-order chi connectivity index (χ0) is 9.82. The predicted molar refractivity (Wildman–Crippen MR) is 62.2 cm³/mol. The first-order valence-electron chi connectivity index (χ1n) is 5.05. The van der Waals surface area contributed by atoms with Crippen LogP contribution in [0.2, 0.25) is 0 Å². The van der Waals surface area contributed by atoms with E-state index in [1.54, 1.807) is 6.26 Å². The molecule has 0 unspecified atom stereocenters. The third-order valence-electron chi connectivity index (χ3n) is 2.01. The van der Waals surface area contributed by atoms with Gasteiger partial charge in [0.05, 0.1) is 0 Å². The molecule has 1 fully saturated rings. The molecule has 76 valence electrons. The average molecular weight is 191 g/mol. The van der Waals surface area contributed by atoms with Gasteiger partial charge in [-0.2, -0.15) is 12.6 Å². The molecule has 2 heteroatoms. The maximum Gasteiger partial charge on any atom is 0.00640 e. The molecule has 1 aliphatic carbocycles. The number of hydrogen-bond acceptors (Lipinski definition) is 2. The van der Waals surface area contributed by atoms with E-state index in [4.69, 9.17) is 0 Å². The first-order chi connectivity index (χ1) is 5.93. The fourth-order valence-corrected chi connectivity index (χ4v) is 1.39. The van der Waals surface area contributed by atoms with E-state index < -0.39 is 0 Å². The van der Waals surface area contributed by atoms with Crippen molar-refractivity contribution in [1.29, 1.82) is 0 Å². The van der Waals surface area contributed by atoms with Gasteiger partial charge in [0.2, 0.25) is 0 Å². The molecule has 0 bridgehead atoms. The summed E-state index contributed by atoms with van der Waals surface area (Å²) in [4.78, 5) is 0. The SMILES string of the molecule is CC.CNC1CCCCC1.CS. The Hall–Kier alpha value is 0.310. The monoisotopic (exact) mass is 191 g/mol. The van der Waals surface area contributed by atoms with E-state index >= 15 is 0 Å². The summed E-state index contributed by atoms with van der Waals surface area (Å²) in [5.74, 6) is 0. The van der Waals surface area contributed by atoms with Gasteiger partial charge in [-0.25, -0.2) is 0 Å². The fourth-order valence-electron chi connectivity index (χ4n) is 1.39. The molecule has 0 aromatic carbocycles. The second kappa shape index (κ2) is 13.9. The van der Waals surface area contributed by atoms with Gasteiger partial charge in [0, 0.05) is 6.04 Å². The molecule has 0 aromatic heterocycles. The summed E-state index contributed by atoms with van der Waals surface area (Å²) >= 11 is 3.53. The van der Waals surface area contributed by atoms with Crippen molar-refractivity contribution in [2.45, 2.75) is 52.0 Å². The maximum atomic E-state index is 3.53. The highest BCUT2D eigenvalue weighted by molar-refractivity contribution is 7.79. The summed E-state index contributed by atoms with van der Waals surface area (Å²) in [5, 5.41) is 3.30. The molecule has 1 saturated carbocycles. The van der Waals surface area contributed by atoms with Crippen molar-refractivity contribution in [1.82, 2.24) is 5.32 Å². The van der Waals surface area contributed by atoms with Crippen LogP contribution in [0.15, 0.2) is 0 Å². The first-order valence-corrected chi connectivity index (χ1v) is 5.95. The molecule has 0 heterocycles. The lowest BCUT2D eigenvalue weighted by atomic mass is 9.96. The zero-order valence-electron chi connectivity index (χ0n) is 9.06. The highest BCUT2D eigenvalue weighted by atomic mass is 32.1. The largest absolute Gasteiger partial charge is 0.317 e. The smallest absolute Gasteiger partial charge is 0.00640 e. The average Bonchev–Trinajstić information content (AvgIpc) is 2.25. The van der Waals surface area contributed by atoms with Crippen LogP contribution in [0.5, 0.6) is 0 Å². The van der Waals surface area contributed by atoms with Crippen molar-refractivity contribution in [3.05, 3.63) is 0 Å². The highest BCUT2D eigenvalue weighted by Gasteiger charge is 2.09. The Balaban J connectivity index is 0. The quantitative estimate of drug-likeness (QED) is 0.607. The number of rotatable bonds is 1. The summed E-state index contributed by atoms with van der Waals surface area (Å²) in [6.45, 7) is 4.00. The summed E-state index contributed by atoms with van der Waals surface area (Å²) in [6, 6.07) is 0.837. The van der Waals surface area contributed by atoms with Crippen LogP contribution in [-0.4, -0.2) is 19.3 Å². The lowest BCUT2D eigenvalue weighted by Gasteiger charge is -2.20. The first kappa shape index (κ1) is 14.8. The van der Waals surface area contributed by atoms with Gasteiger partial charge in [-0.15, -0.1) is 0 Å². The van der Waals surface area contributed by atoms with Gasteiger partial charge in [0.25, 0.3) is 0 Å². The molecular formula is C10H25NS. The van der Waals surface area contributed by atoms with Gasteiger partial charge in [-0.05, 0) is 26.1 Å². The Labute approximate surface area is 83.7 Å². The minimum atomic E-state index is 0.837. The summed E-state index contributed by atoms with van der Waals surface area (Å²) in [7, 11) is 2.07. The molecule has 1 rings (SSSR count). The second-order valence-electron chi connectivity index (χ2n) is 2.62. The maximum absolute atomic E-state index is 3.53. The van der Waals surface area contributed by atoms with Crippen LogP contribution in [0.25, 0.3) is 0 Å². The van der Waals surface area contributed by atoms with Crippen LogP contribution >= 0.6 is 12.6 Å². The summed E-state index contributed by atoms with van der Waals surface area (Å²) in [6.07, 6.45) is 8.82. The minimum absolute atomic E-state index is 0.837. The molecule has 1 N–H and O–H groups in total. The normalized spacial score (nSPS) is 16.8. The van der Waals surface area contributed by atoms with Crippen LogP contribution in [0, 0.1) is 0 Å². The summed E-state index contributed by atoms with van der Waals surface area (Å²) in [5.41, 5.74) is 0. The third kappa shape index (κ3) is 8.41. The van der Waals surface area contributed by atoms with Gasteiger partial charge in [-0.1, -0.05) is 33.1 Å². The number of hydrogen-bond donors (Lipinski definition) is 2. The molecule has 0 saturated heterocycles. The highest BCUT2D eigenvalue weighted by Crippen LogP contribution is 2.16. The Morgan fingerprint density at radius 3 is 1.67 bits per heavy atom. The Kier molecular flexibility index (Phi) is 17.1. The van der Waals surface area contributed by atoms with E-state index in [1.807, 2.05) is 13.8 Å². The van der Waals surface area contributed by atoms with E-state index in [0.717, 1.165) is 6.04 Å². The van der Waals surface area contributed by atoms with Gasteiger partial charge in [0.15, 0.2) is 0 Å². The van der Waals surface area contributed by atoms with Gasteiger partial charge < -0.3 is 5.32 Å². The van der Waals surface area contributed by atoms with E-state index in [2.05, 4.69) is 25.0 Å². The van der Waals surface area contributed by atoms with Crippen LogP contribution in [0.4, 0.5) is 0 Å². The molecule has 0 aliphatic heterocycles. The molecule has 0 amide bonds. The Bertz CT molecular complexity index is 60.9. The van der Waals surface area contributed by atoms with Crippen molar-refractivity contribution in [3.63, 3.8) is 0 Å². The zero-order valence-corrected chi connectivity index (χ0v) is 9.95. The van der Waals surface area contributed by atoms with Crippen molar-refractivity contribution >= 4 is 12.6 Å². The summed E-state index contributed by atoms with van der Waals surface area (Å²) < 4.78 is 0. The van der Waals surface area contributed by atoms with Crippen LogP contribution in [-0.2, 0) is 0 Å². The molecular weight excluding hydrogens is 166 g/mol. The van der Waals surface area contributed by atoms with E-state index in [-0.39, 0.29) is 0 Å². The predicted octanol–water partition coefficient (Wildman–Crippen LogP) is 3.11.